The van der Waals surface area contributed by atoms with Gasteiger partial charge in [0.15, 0.2) is 0 Å². The summed E-state index contributed by atoms with van der Waals surface area (Å²) in [6.07, 6.45) is 5.03. The van der Waals surface area contributed by atoms with Crippen molar-refractivity contribution >= 4 is 17.6 Å². The molecule has 0 aromatic heterocycles. The zero-order valence-corrected chi connectivity index (χ0v) is 18.0. The molecule has 1 aromatic rings. The molecule has 6 nitrogen and oxygen atoms in total. The third-order valence-electron chi connectivity index (χ3n) is 5.94. The van der Waals surface area contributed by atoms with Crippen LogP contribution in [0.3, 0.4) is 0 Å². The first-order valence-corrected chi connectivity index (χ1v) is 11.0. The van der Waals surface area contributed by atoms with Crippen LogP contribution in [0.5, 0.6) is 0 Å². The third-order valence-corrected chi connectivity index (χ3v) is 5.94. The molecule has 0 saturated carbocycles. The number of carbonyl (C=O) groups excluding carboxylic acids is 2. The molecular formula is C23H35N3O3. The van der Waals surface area contributed by atoms with E-state index >= 15 is 0 Å². The first-order valence-electron chi connectivity index (χ1n) is 11.0. The normalized spacial score (nSPS) is 21.9. The number of hydrogen-bond acceptors (Lipinski definition) is 5. The van der Waals surface area contributed by atoms with Crippen molar-refractivity contribution in [2.24, 2.45) is 5.92 Å². The molecule has 0 aliphatic carbocycles. The van der Waals surface area contributed by atoms with Crippen molar-refractivity contribution in [2.75, 3.05) is 38.0 Å². The molecule has 1 aromatic carbocycles. The van der Waals surface area contributed by atoms with Crippen molar-refractivity contribution in [1.82, 2.24) is 9.80 Å². The summed E-state index contributed by atoms with van der Waals surface area (Å²) in [4.78, 5) is 29.5. The Hall–Kier alpha value is -1.92. The van der Waals surface area contributed by atoms with E-state index in [2.05, 4.69) is 15.1 Å². The van der Waals surface area contributed by atoms with Crippen LogP contribution in [0, 0.1) is 5.92 Å². The maximum Gasteiger partial charge on any atom is 0.338 e. The lowest BCUT2D eigenvalue weighted by Gasteiger charge is -2.29. The van der Waals surface area contributed by atoms with Crippen LogP contribution >= 0.6 is 0 Å². The van der Waals surface area contributed by atoms with Gasteiger partial charge in [0.05, 0.1) is 17.7 Å². The second-order valence-electron chi connectivity index (χ2n) is 8.71. The number of benzene rings is 1. The van der Waals surface area contributed by atoms with Crippen LogP contribution in [-0.2, 0) is 9.53 Å². The van der Waals surface area contributed by atoms with E-state index in [1.165, 1.54) is 45.3 Å². The largest absolute Gasteiger partial charge is 0.459 e. The molecule has 2 aliphatic heterocycles. The fourth-order valence-corrected chi connectivity index (χ4v) is 4.25. The minimum Gasteiger partial charge on any atom is -0.459 e. The van der Waals surface area contributed by atoms with Crippen molar-refractivity contribution in [3.05, 3.63) is 29.8 Å². The van der Waals surface area contributed by atoms with E-state index in [1.807, 2.05) is 20.8 Å². The van der Waals surface area contributed by atoms with E-state index in [0.29, 0.717) is 17.2 Å². The Morgan fingerprint density at radius 1 is 1.07 bits per heavy atom. The summed E-state index contributed by atoms with van der Waals surface area (Å²) in [7, 11) is 0. The van der Waals surface area contributed by atoms with Gasteiger partial charge in [-0.15, -0.1) is 0 Å². The fourth-order valence-electron chi connectivity index (χ4n) is 4.25. The number of hydrogen-bond donors (Lipinski definition) is 1. The van der Waals surface area contributed by atoms with Gasteiger partial charge in [0.25, 0.3) is 0 Å². The van der Waals surface area contributed by atoms with Crippen LogP contribution in [0.4, 0.5) is 5.69 Å². The summed E-state index contributed by atoms with van der Waals surface area (Å²) in [5, 5.41) is 2.98. The highest BCUT2D eigenvalue weighted by Crippen LogP contribution is 2.22. The van der Waals surface area contributed by atoms with Crippen molar-refractivity contribution in [2.45, 2.75) is 58.6 Å². The highest BCUT2D eigenvalue weighted by Gasteiger charge is 2.30. The monoisotopic (exact) mass is 401 g/mol. The predicted molar refractivity (Wildman–Crippen MR) is 115 cm³/mol. The lowest BCUT2D eigenvalue weighted by atomic mass is 10.1. The number of esters is 1. The van der Waals surface area contributed by atoms with Gasteiger partial charge in [-0.25, -0.2) is 4.79 Å². The van der Waals surface area contributed by atoms with Gasteiger partial charge < -0.3 is 15.0 Å². The Morgan fingerprint density at radius 2 is 1.76 bits per heavy atom. The Morgan fingerprint density at radius 3 is 2.41 bits per heavy atom. The van der Waals surface area contributed by atoms with E-state index in [0.717, 1.165) is 13.1 Å². The number of piperidine rings is 1. The van der Waals surface area contributed by atoms with Gasteiger partial charge >= 0.3 is 5.97 Å². The molecular weight excluding hydrogens is 366 g/mol. The predicted octanol–water partition coefficient (Wildman–Crippen LogP) is 3.39. The van der Waals surface area contributed by atoms with Crippen LogP contribution in [0.15, 0.2) is 24.3 Å². The smallest absolute Gasteiger partial charge is 0.338 e. The molecule has 2 saturated heterocycles. The molecule has 2 fully saturated rings. The van der Waals surface area contributed by atoms with E-state index in [9.17, 15) is 9.59 Å². The van der Waals surface area contributed by atoms with Gasteiger partial charge in [-0.3, -0.25) is 9.69 Å². The summed E-state index contributed by atoms with van der Waals surface area (Å²) < 4.78 is 5.19. The minimum absolute atomic E-state index is 0.00105. The van der Waals surface area contributed by atoms with Crippen LogP contribution in [-0.4, -0.2) is 66.5 Å². The van der Waals surface area contributed by atoms with E-state index < -0.39 is 0 Å². The molecule has 29 heavy (non-hydrogen) atoms. The highest BCUT2D eigenvalue weighted by atomic mass is 16.5. The average Bonchev–Trinajstić information content (AvgIpc) is 3.16. The zero-order valence-electron chi connectivity index (χ0n) is 18.0. The first kappa shape index (κ1) is 21.8. The number of anilines is 1. The average molecular weight is 402 g/mol. The Kier molecular flexibility index (Phi) is 7.67. The summed E-state index contributed by atoms with van der Waals surface area (Å²) in [6.45, 7) is 11.2. The number of ether oxygens (including phenoxy) is 1. The van der Waals surface area contributed by atoms with Crippen LogP contribution in [0.25, 0.3) is 0 Å². The Labute approximate surface area is 174 Å². The number of nitrogens with one attached hydrogen (secondary N) is 1. The molecule has 3 rings (SSSR count). The summed E-state index contributed by atoms with van der Waals surface area (Å²) in [5.74, 6) is 0.318. The van der Waals surface area contributed by atoms with Crippen molar-refractivity contribution < 1.29 is 14.3 Å². The van der Waals surface area contributed by atoms with Crippen LogP contribution in [0.2, 0.25) is 0 Å². The first-order chi connectivity index (χ1) is 13.9. The van der Waals surface area contributed by atoms with E-state index in [1.54, 1.807) is 24.3 Å². The molecule has 2 atom stereocenters. The van der Waals surface area contributed by atoms with Gasteiger partial charge in [-0.05, 0) is 89.9 Å². The van der Waals surface area contributed by atoms with Gasteiger partial charge in [0.2, 0.25) is 5.91 Å². The zero-order chi connectivity index (χ0) is 20.8. The minimum atomic E-state index is -0.344. The SMILES string of the molecule is CC(C)OC(=O)c1ccc(NC(=O)C(C)N2CCC(CN3CCCCC3)C2)cc1. The summed E-state index contributed by atoms with van der Waals surface area (Å²) in [6, 6.07) is 6.73. The lowest BCUT2D eigenvalue weighted by Crippen LogP contribution is -2.41. The maximum atomic E-state index is 12.7. The van der Waals surface area contributed by atoms with E-state index in [4.69, 9.17) is 4.74 Å². The van der Waals surface area contributed by atoms with Crippen molar-refractivity contribution in [1.29, 1.82) is 0 Å². The second-order valence-corrected chi connectivity index (χ2v) is 8.71. The summed E-state index contributed by atoms with van der Waals surface area (Å²) >= 11 is 0. The molecule has 0 bridgehead atoms. The van der Waals surface area contributed by atoms with Gasteiger partial charge in [-0.2, -0.15) is 0 Å². The molecule has 2 aliphatic rings. The lowest BCUT2D eigenvalue weighted by molar-refractivity contribution is -0.120. The molecule has 6 heteroatoms. The van der Waals surface area contributed by atoms with E-state index in [-0.39, 0.29) is 24.0 Å². The van der Waals surface area contributed by atoms with Gasteiger partial charge in [0, 0.05) is 18.8 Å². The third kappa shape index (κ3) is 6.28. The molecule has 2 unspecified atom stereocenters. The number of nitrogens with zero attached hydrogens (tertiary/aromatic N) is 2. The molecule has 160 valence electrons. The molecule has 0 spiro atoms. The molecule has 0 radical (unpaired) electrons. The standard InChI is InChI=1S/C23H35N3O3/c1-17(2)29-23(28)20-7-9-21(10-8-20)24-22(27)18(3)26-14-11-19(16-26)15-25-12-5-4-6-13-25/h7-10,17-19H,4-6,11-16H2,1-3H3,(H,24,27). The van der Waals surface area contributed by atoms with Crippen molar-refractivity contribution in [3.63, 3.8) is 0 Å². The van der Waals surface area contributed by atoms with Crippen molar-refractivity contribution in [3.8, 4) is 0 Å². The van der Waals surface area contributed by atoms with Crippen LogP contribution < -0.4 is 5.32 Å². The second kappa shape index (κ2) is 10.2. The van der Waals surface area contributed by atoms with Gasteiger partial charge in [-0.1, -0.05) is 6.42 Å². The molecule has 1 N–H and O–H groups in total. The number of rotatable bonds is 7. The molecule has 1 amide bonds. The quantitative estimate of drug-likeness (QED) is 0.710. The molecule has 2 heterocycles. The Bertz CT molecular complexity index is 683. The van der Waals surface area contributed by atoms with Gasteiger partial charge in [0.1, 0.15) is 0 Å². The number of carbonyl (C=O) groups is 2. The number of amides is 1. The topological polar surface area (TPSA) is 61.9 Å². The maximum absolute atomic E-state index is 12.7. The highest BCUT2D eigenvalue weighted by molar-refractivity contribution is 5.95. The fraction of sp³-hybridized carbons (Fsp3) is 0.652. The van der Waals surface area contributed by atoms with Crippen LogP contribution in [0.1, 0.15) is 56.8 Å². The summed E-state index contributed by atoms with van der Waals surface area (Å²) in [5.41, 5.74) is 1.19. The number of likely N-dealkylation sites (tertiary alicyclic amines) is 2. The Balaban J connectivity index is 1.47.